The molecule has 1 aliphatic rings. The SMILES string of the molecule is CCCN(C)CC1Cc2c(C)cncc2N=C1C(C)N=N. The van der Waals surface area contributed by atoms with Crippen molar-refractivity contribution in [3.63, 3.8) is 0 Å². The van der Waals surface area contributed by atoms with E-state index < -0.39 is 0 Å². The van der Waals surface area contributed by atoms with Crippen molar-refractivity contribution in [3.8, 4) is 0 Å². The molecule has 5 nitrogen and oxygen atoms in total. The average molecular weight is 287 g/mol. The number of nitrogens with zero attached hydrogens (tertiary/aromatic N) is 4. The molecule has 0 amide bonds. The monoisotopic (exact) mass is 287 g/mol. The molecule has 0 saturated heterocycles. The number of fused-ring (bicyclic) bond motifs is 1. The second kappa shape index (κ2) is 6.89. The Kier molecular flexibility index (Phi) is 5.17. The lowest BCUT2D eigenvalue weighted by Gasteiger charge is -2.30. The second-order valence-electron chi connectivity index (χ2n) is 5.96. The molecule has 2 rings (SSSR count). The summed E-state index contributed by atoms with van der Waals surface area (Å²) in [4.78, 5) is 11.4. The summed E-state index contributed by atoms with van der Waals surface area (Å²) in [6, 6.07) is -0.154. The molecule has 0 aromatic carbocycles. The van der Waals surface area contributed by atoms with Crippen LogP contribution in [0.5, 0.6) is 0 Å². The average Bonchev–Trinajstić information content (AvgIpc) is 2.47. The van der Waals surface area contributed by atoms with Crippen molar-refractivity contribution in [2.75, 3.05) is 20.1 Å². The van der Waals surface area contributed by atoms with Gasteiger partial charge < -0.3 is 4.90 Å². The molecule has 0 fully saturated rings. The molecule has 5 heteroatoms. The van der Waals surface area contributed by atoms with Crippen LogP contribution in [0, 0.1) is 18.4 Å². The Balaban J connectivity index is 2.32. The van der Waals surface area contributed by atoms with E-state index in [0.29, 0.717) is 5.92 Å². The van der Waals surface area contributed by atoms with E-state index in [-0.39, 0.29) is 6.04 Å². The van der Waals surface area contributed by atoms with Crippen molar-refractivity contribution >= 4 is 11.4 Å². The largest absolute Gasteiger partial charge is 0.306 e. The molecule has 114 valence electrons. The topological polar surface area (TPSA) is 64.7 Å². The number of hydrogen-bond donors (Lipinski definition) is 1. The highest BCUT2D eigenvalue weighted by Crippen LogP contribution is 2.32. The molecule has 0 radical (unpaired) electrons. The molecule has 21 heavy (non-hydrogen) atoms. The van der Waals surface area contributed by atoms with Gasteiger partial charge in [-0.25, -0.2) is 5.53 Å². The molecule has 2 unspecified atom stereocenters. The molecule has 1 N–H and O–H groups in total. The summed E-state index contributed by atoms with van der Waals surface area (Å²) in [5.41, 5.74) is 11.8. The standard InChI is InChI=1S/C16H25N5/c1-5-6-21(4)10-13-7-14-11(2)8-18-9-15(14)19-16(13)12(3)20-17/h8-9,12-13,17H,5-7,10H2,1-4H3. The van der Waals surface area contributed by atoms with Crippen LogP contribution in [0.25, 0.3) is 0 Å². The Bertz CT molecular complexity index is 537. The lowest BCUT2D eigenvalue weighted by atomic mass is 9.86. The van der Waals surface area contributed by atoms with Crippen molar-refractivity contribution in [1.82, 2.24) is 9.88 Å². The maximum Gasteiger partial charge on any atom is 0.106 e. The minimum absolute atomic E-state index is 0.154. The molecule has 2 atom stereocenters. The third-order valence-electron chi connectivity index (χ3n) is 4.13. The third kappa shape index (κ3) is 3.53. The zero-order chi connectivity index (χ0) is 15.4. The number of aryl methyl sites for hydroxylation is 1. The van der Waals surface area contributed by atoms with E-state index in [1.54, 1.807) is 0 Å². The van der Waals surface area contributed by atoms with Crippen LogP contribution in [-0.4, -0.2) is 41.8 Å². The Morgan fingerprint density at radius 1 is 1.48 bits per heavy atom. The maximum absolute atomic E-state index is 7.34. The third-order valence-corrected chi connectivity index (χ3v) is 4.13. The smallest absolute Gasteiger partial charge is 0.106 e. The van der Waals surface area contributed by atoms with Gasteiger partial charge in [0.05, 0.1) is 11.9 Å². The molecule has 0 aliphatic carbocycles. The number of pyridine rings is 1. The van der Waals surface area contributed by atoms with Crippen molar-refractivity contribution in [3.05, 3.63) is 23.5 Å². The predicted octanol–water partition coefficient (Wildman–Crippen LogP) is 3.40. The van der Waals surface area contributed by atoms with Gasteiger partial charge in [-0.15, -0.1) is 0 Å². The molecule has 0 saturated carbocycles. The summed E-state index contributed by atoms with van der Waals surface area (Å²) in [7, 11) is 2.15. The first kappa shape index (κ1) is 15.8. The van der Waals surface area contributed by atoms with Gasteiger partial charge in [0, 0.05) is 24.4 Å². The van der Waals surface area contributed by atoms with E-state index in [4.69, 9.17) is 10.5 Å². The predicted molar refractivity (Wildman–Crippen MR) is 85.7 cm³/mol. The molecule has 1 aromatic rings. The Hall–Kier alpha value is -1.62. The molecule has 2 heterocycles. The highest BCUT2D eigenvalue weighted by Gasteiger charge is 2.28. The normalized spacial score (nSPS) is 19.1. The Morgan fingerprint density at radius 3 is 2.90 bits per heavy atom. The van der Waals surface area contributed by atoms with Gasteiger partial charge >= 0.3 is 0 Å². The zero-order valence-electron chi connectivity index (χ0n) is 13.4. The van der Waals surface area contributed by atoms with Gasteiger partial charge in [0.2, 0.25) is 0 Å². The Morgan fingerprint density at radius 2 is 2.24 bits per heavy atom. The van der Waals surface area contributed by atoms with Crippen molar-refractivity contribution in [2.45, 2.75) is 39.7 Å². The highest BCUT2D eigenvalue weighted by atomic mass is 15.1. The van der Waals surface area contributed by atoms with Gasteiger partial charge in [0.1, 0.15) is 6.04 Å². The maximum atomic E-state index is 7.34. The van der Waals surface area contributed by atoms with Crippen LogP contribution in [0.1, 0.15) is 31.4 Å². The van der Waals surface area contributed by atoms with E-state index in [9.17, 15) is 0 Å². The lowest BCUT2D eigenvalue weighted by Crippen LogP contribution is -2.37. The summed E-state index contributed by atoms with van der Waals surface area (Å²) < 4.78 is 0. The fourth-order valence-corrected chi connectivity index (χ4v) is 3.03. The quantitative estimate of drug-likeness (QED) is 0.815. The van der Waals surface area contributed by atoms with Gasteiger partial charge in [-0.2, -0.15) is 5.11 Å². The summed E-state index contributed by atoms with van der Waals surface area (Å²) in [5.74, 6) is 0.333. The molecule has 0 bridgehead atoms. The molecule has 1 aliphatic heterocycles. The lowest BCUT2D eigenvalue weighted by molar-refractivity contribution is 0.304. The van der Waals surface area contributed by atoms with Gasteiger partial charge in [-0.1, -0.05) is 6.92 Å². The van der Waals surface area contributed by atoms with Crippen molar-refractivity contribution in [1.29, 1.82) is 5.53 Å². The number of nitrogens with one attached hydrogen (secondary N) is 1. The summed E-state index contributed by atoms with van der Waals surface area (Å²) in [5, 5.41) is 3.69. The number of aromatic nitrogens is 1. The number of aliphatic imine (C=N–C) groups is 1. The first-order valence-corrected chi connectivity index (χ1v) is 7.63. The molecule has 1 aromatic heterocycles. The van der Waals surface area contributed by atoms with E-state index >= 15 is 0 Å². The summed E-state index contributed by atoms with van der Waals surface area (Å²) in [6.45, 7) is 8.29. The van der Waals surface area contributed by atoms with Crippen LogP contribution in [0.15, 0.2) is 22.5 Å². The van der Waals surface area contributed by atoms with Crippen LogP contribution in [0.3, 0.4) is 0 Å². The molecule has 0 spiro atoms. The van der Waals surface area contributed by atoms with Crippen molar-refractivity contribution in [2.24, 2.45) is 16.0 Å². The van der Waals surface area contributed by atoms with Gasteiger partial charge in [-0.3, -0.25) is 9.98 Å². The van der Waals surface area contributed by atoms with E-state index in [1.807, 2.05) is 19.3 Å². The summed E-state index contributed by atoms with van der Waals surface area (Å²) >= 11 is 0. The van der Waals surface area contributed by atoms with Crippen molar-refractivity contribution < 1.29 is 0 Å². The fraction of sp³-hybridized carbons (Fsp3) is 0.625. The van der Waals surface area contributed by atoms with Crippen LogP contribution >= 0.6 is 0 Å². The number of rotatable bonds is 6. The zero-order valence-corrected chi connectivity index (χ0v) is 13.4. The molecular formula is C16H25N5. The van der Waals surface area contributed by atoms with E-state index in [1.165, 1.54) is 11.1 Å². The highest BCUT2D eigenvalue weighted by molar-refractivity contribution is 5.95. The van der Waals surface area contributed by atoms with Crippen LogP contribution in [-0.2, 0) is 6.42 Å². The van der Waals surface area contributed by atoms with E-state index in [2.05, 4.69) is 35.9 Å². The Labute approximate surface area is 127 Å². The van der Waals surface area contributed by atoms with Crippen LogP contribution in [0.2, 0.25) is 0 Å². The summed E-state index contributed by atoms with van der Waals surface area (Å²) in [6.07, 6.45) is 5.85. The first-order chi connectivity index (χ1) is 10.1. The molecular weight excluding hydrogens is 262 g/mol. The van der Waals surface area contributed by atoms with Gasteiger partial charge in [0.25, 0.3) is 0 Å². The van der Waals surface area contributed by atoms with Gasteiger partial charge in [-0.05, 0) is 51.4 Å². The fourth-order valence-electron chi connectivity index (χ4n) is 3.03. The minimum Gasteiger partial charge on any atom is -0.306 e. The van der Waals surface area contributed by atoms with Crippen LogP contribution in [0.4, 0.5) is 5.69 Å². The second-order valence-corrected chi connectivity index (χ2v) is 5.96. The first-order valence-electron chi connectivity index (χ1n) is 7.63. The minimum atomic E-state index is -0.154. The number of hydrogen-bond acceptors (Lipinski definition) is 5. The van der Waals surface area contributed by atoms with Gasteiger partial charge in [0.15, 0.2) is 0 Å². The van der Waals surface area contributed by atoms with Crippen LogP contribution < -0.4 is 0 Å². The van der Waals surface area contributed by atoms with E-state index in [0.717, 1.165) is 37.3 Å².